The molecule has 0 spiro atoms. The maximum absolute atomic E-state index is 13.0. The fraction of sp³-hybridized carbons (Fsp3) is 0.353. The van der Waals surface area contributed by atoms with Gasteiger partial charge in [-0.25, -0.2) is 13.2 Å². The van der Waals surface area contributed by atoms with Gasteiger partial charge in [0.15, 0.2) is 0 Å². The van der Waals surface area contributed by atoms with Gasteiger partial charge >= 0.3 is 5.97 Å². The molecule has 0 amide bonds. The Hall–Kier alpha value is -2.39. The highest BCUT2D eigenvalue weighted by molar-refractivity contribution is 7.92. The molecule has 0 saturated carbocycles. The van der Waals surface area contributed by atoms with Crippen molar-refractivity contribution < 1.29 is 27.4 Å². The number of halogens is 1. The van der Waals surface area contributed by atoms with Crippen LogP contribution in [-0.2, 0) is 14.8 Å². The molecule has 8 nitrogen and oxygen atoms in total. The summed E-state index contributed by atoms with van der Waals surface area (Å²) in [6.45, 7) is 4.94. The summed E-state index contributed by atoms with van der Waals surface area (Å²) in [4.78, 5) is 14.7. The van der Waals surface area contributed by atoms with Gasteiger partial charge in [0.25, 0.3) is 10.0 Å². The van der Waals surface area contributed by atoms with Crippen molar-refractivity contribution in [1.29, 1.82) is 0 Å². The SMILES string of the molecule is CCOC(=O)c1[nH]c(C)c(S(=O)(=O)Nc2cc(Cl)c(OC)cc2OC)c1C. The number of H-pyrrole nitrogens is 1. The lowest BCUT2D eigenvalue weighted by Gasteiger charge is -2.14. The number of methoxy groups -OCH3 is 2. The van der Waals surface area contributed by atoms with Crippen LogP contribution in [0, 0.1) is 13.8 Å². The van der Waals surface area contributed by atoms with Crippen molar-refractivity contribution in [3.63, 3.8) is 0 Å². The largest absolute Gasteiger partial charge is 0.495 e. The van der Waals surface area contributed by atoms with E-state index in [1.165, 1.54) is 33.3 Å². The molecule has 0 aliphatic heterocycles. The zero-order chi connectivity index (χ0) is 20.4. The van der Waals surface area contributed by atoms with E-state index in [-0.39, 0.29) is 39.2 Å². The summed E-state index contributed by atoms with van der Waals surface area (Å²) >= 11 is 6.09. The lowest BCUT2D eigenvalue weighted by atomic mass is 10.2. The number of aromatic nitrogens is 1. The molecule has 0 atom stereocenters. The van der Waals surface area contributed by atoms with E-state index in [1.54, 1.807) is 13.8 Å². The van der Waals surface area contributed by atoms with Crippen LogP contribution in [0.25, 0.3) is 0 Å². The Labute approximate surface area is 162 Å². The van der Waals surface area contributed by atoms with Crippen LogP contribution in [0.3, 0.4) is 0 Å². The molecular formula is C17H21ClN2O6S. The number of anilines is 1. The van der Waals surface area contributed by atoms with Gasteiger partial charge in [-0.1, -0.05) is 11.6 Å². The number of nitrogens with one attached hydrogen (secondary N) is 2. The first-order valence-corrected chi connectivity index (χ1v) is 9.83. The van der Waals surface area contributed by atoms with Crippen molar-refractivity contribution in [3.8, 4) is 11.5 Å². The Bertz CT molecular complexity index is 968. The lowest BCUT2D eigenvalue weighted by Crippen LogP contribution is -2.15. The quantitative estimate of drug-likeness (QED) is 0.671. The molecule has 10 heteroatoms. The molecule has 1 aromatic heterocycles. The van der Waals surface area contributed by atoms with Gasteiger partial charge < -0.3 is 19.2 Å². The molecule has 2 aromatic rings. The summed E-state index contributed by atoms with van der Waals surface area (Å²) in [5.41, 5.74) is 0.800. The number of hydrogen-bond acceptors (Lipinski definition) is 6. The molecule has 148 valence electrons. The maximum atomic E-state index is 13.0. The van der Waals surface area contributed by atoms with Gasteiger partial charge in [-0.3, -0.25) is 4.72 Å². The van der Waals surface area contributed by atoms with E-state index in [0.29, 0.717) is 11.4 Å². The minimum Gasteiger partial charge on any atom is -0.495 e. The molecule has 0 saturated heterocycles. The number of esters is 1. The number of carbonyl (C=O) groups excluding carboxylic acids is 1. The van der Waals surface area contributed by atoms with E-state index in [2.05, 4.69) is 9.71 Å². The van der Waals surface area contributed by atoms with E-state index < -0.39 is 16.0 Å². The summed E-state index contributed by atoms with van der Waals surface area (Å²) in [5.74, 6) is -0.0454. The molecule has 0 aliphatic carbocycles. The predicted octanol–water partition coefficient (Wildman–Crippen LogP) is 3.28. The van der Waals surface area contributed by atoms with E-state index in [9.17, 15) is 13.2 Å². The van der Waals surface area contributed by atoms with Crippen molar-refractivity contribution in [3.05, 3.63) is 34.1 Å². The zero-order valence-electron chi connectivity index (χ0n) is 15.6. The molecule has 27 heavy (non-hydrogen) atoms. The second-order valence-corrected chi connectivity index (χ2v) is 7.62. The number of aryl methyl sites for hydroxylation is 1. The van der Waals surface area contributed by atoms with Gasteiger partial charge in [0.2, 0.25) is 0 Å². The number of sulfonamides is 1. The molecule has 1 heterocycles. The molecule has 1 aromatic carbocycles. The maximum Gasteiger partial charge on any atom is 0.355 e. The van der Waals surface area contributed by atoms with Crippen molar-refractivity contribution in [1.82, 2.24) is 4.98 Å². The summed E-state index contributed by atoms with van der Waals surface area (Å²) in [6.07, 6.45) is 0. The van der Waals surface area contributed by atoms with E-state index in [1.807, 2.05) is 0 Å². The molecule has 0 radical (unpaired) electrons. The second-order valence-electron chi connectivity index (χ2n) is 5.59. The van der Waals surface area contributed by atoms with E-state index in [4.69, 9.17) is 25.8 Å². The average Bonchev–Trinajstić information content (AvgIpc) is 2.90. The molecule has 0 fully saturated rings. The number of rotatable bonds is 7. The number of hydrogen-bond donors (Lipinski definition) is 2. The highest BCUT2D eigenvalue weighted by atomic mass is 35.5. The van der Waals surface area contributed by atoms with Crippen LogP contribution in [0.5, 0.6) is 11.5 Å². The van der Waals surface area contributed by atoms with Gasteiger partial charge in [-0.2, -0.15) is 0 Å². The zero-order valence-corrected chi connectivity index (χ0v) is 17.2. The number of carbonyl (C=O) groups is 1. The summed E-state index contributed by atoms with van der Waals surface area (Å²) < 4.78 is 43.6. The van der Waals surface area contributed by atoms with Crippen molar-refractivity contribution in [2.45, 2.75) is 25.7 Å². The Balaban J connectivity index is 2.49. The first-order chi connectivity index (χ1) is 12.7. The minimum atomic E-state index is -4.04. The average molecular weight is 417 g/mol. The van der Waals surface area contributed by atoms with Gasteiger partial charge in [-0.15, -0.1) is 0 Å². The Morgan fingerprint density at radius 1 is 1.19 bits per heavy atom. The molecule has 2 rings (SSSR count). The molecular weight excluding hydrogens is 396 g/mol. The van der Waals surface area contributed by atoms with Crippen LogP contribution in [0.1, 0.15) is 28.7 Å². The fourth-order valence-electron chi connectivity index (χ4n) is 2.68. The van der Waals surface area contributed by atoms with Crippen molar-refractivity contribution >= 4 is 33.3 Å². The highest BCUT2D eigenvalue weighted by Crippen LogP contribution is 2.37. The first kappa shape index (κ1) is 20.9. The molecule has 0 aliphatic rings. The third kappa shape index (κ3) is 4.14. The topological polar surface area (TPSA) is 107 Å². The van der Waals surface area contributed by atoms with E-state index in [0.717, 1.165) is 0 Å². The monoisotopic (exact) mass is 416 g/mol. The van der Waals surface area contributed by atoms with Crippen LogP contribution in [-0.4, -0.2) is 40.2 Å². The second kappa shape index (κ2) is 8.10. The number of benzene rings is 1. The van der Waals surface area contributed by atoms with Gasteiger partial charge in [0, 0.05) is 17.3 Å². The van der Waals surface area contributed by atoms with Crippen LogP contribution < -0.4 is 14.2 Å². The molecule has 0 unspecified atom stereocenters. The fourth-order valence-corrected chi connectivity index (χ4v) is 4.43. The Morgan fingerprint density at radius 2 is 1.81 bits per heavy atom. The normalized spacial score (nSPS) is 11.2. The number of aromatic amines is 1. The van der Waals surface area contributed by atoms with Gasteiger partial charge in [0.1, 0.15) is 22.1 Å². The van der Waals surface area contributed by atoms with Crippen LogP contribution in [0.15, 0.2) is 17.0 Å². The van der Waals surface area contributed by atoms with Crippen molar-refractivity contribution in [2.75, 3.05) is 25.5 Å². The van der Waals surface area contributed by atoms with Gasteiger partial charge in [0.05, 0.1) is 31.5 Å². The highest BCUT2D eigenvalue weighted by Gasteiger charge is 2.28. The van der Waals surface area contributed by atoms with Gasteiger partial charge in [-0.05, 0) is 26.8 Å². The summed E-state index contributed by atoms with van der Waals surface area (Å²) in [6, 6.07) is 2.86. The summed E-state index contributed by atoms with van der Waals surface area (Å²) in [5, 5.41) is 0.214. The van der Waals surface area contributed by atoms with Crippen LogP contribution in [0.4, 0.5) is 5.69 Å². The Morgan fingerprint density at radius 3 is 2.37 bits per heavy atom. The lowest BCUT2D eigenvalue weighted by molar-refractivity contribution is 0.0519. The molecule has 0 bridgehead atoms. The van der Waals surface area contributed by atoms with Crippen molar-refractivity contribution in [2.24, 2.45) is 0 Å². The summed E-state index contributed by atoms with van der Waals surface area (Å²) in [7, 11) is -1.21. The molecule has 2 N–H and O–H groups in total. The Kier molecular flexibility index (Phi) is 6.27. The third-order valence-corrected chi connectivity index (χ3v) is 5.77. The minimum absolute atomic E-state index is 0.0421. The third-order valence-electron chi connectivity index (χ3n) is 3.84. The standard InChI is InChI=1S/C17H21ClN2O6S/c1-6-26-17(21)15-9(2)16(10(3)19-15)27(22,23)20-12-7-11(18)13(24-4)8-14(12)25-5/h7-8,19-20H,6H2,1-5H3. The van der Waals surface area contributed by atoms with E-state index >= 15 is 0 Å². The van der Waals surface area contributed by atoms with Crippen LogP contribution >= 0.6 is 11.6 Å². The predicted molar refractivity (Wildman–Crippen MR) is 102 cm³/mol. The number of ether oxygens (including phenoxy) is 3. The first-order valence-electron chi connectivity index (χ1n) is 7.96. The van der Waals surface area contributed by atoms with Crippen LogP contribution in [0.2, 0.25) is 5.02 Å². The smallest absolute Gasteiger partial charge is 0.355 e.